The summed E-state index contributed by atoms with van der Waals surface area (Å²) in [7, 11) is 0. The molecule has 1 N–H and O–H groups in total. The molecule has 2 unspecified atom stereocenters. The van der Waals surface area contributed by atoms with E-state index in [9.17, 15) is 4.79 Å². The minimum absolute atomic E-state index is 0.301. The van der Waals surface area contributed by atoms with E-state index >= 15 is 0 Å². The highest BCUT2D eigenvalue weighted by atomic mass is 16.1. The molecular formula is C8H11NO. The molecule has 54 valence electrons. The summed E-state index contributed by atoms with van der Waals surface area (Å²) in [6, 6.07) is 0. The van der Waals surface area contributed by atoms with Gasteiger partial charge < -0.3 is 5.41 Å². The lowest BCUT2D eigenvalue weighted by Gasteiger charge is -2.06. The second kappa shape index (κ2) is 3.33. The second-order valence-corrected chi connectivity index (χ2v) is 2.71. The van der Waals surface area contributed by atoms with Crippen molar-refractivity contribution < 1.29 is 4.79 Å². The van der Waals surface area contributed by atoms with E-state index in [0.717, 1.165) is 19.3 Å². The number of hydrogen-bond acceptors (Lipinski definition) is 2. The standard InChI is InChI=1S/C8H11NO/c9-6-8-3-1-2-7(8)4-5-10/h4,6-9H,1-3H2. The van der Waals surface area contributed by atoms with E-state index < -0.39 is 0 Å². The molecule has 0 aromatic rings. The van der Waals surface area contributed by atoms with Gasteiger partial charge >= 0.3 is 0 Å². The van der Waals surface area contributed by atoms with Crippen molar-refractivity contribution in [2.24, 2.45) is 11.8 Å². The molecule has 0 bridgehead atoms. The molecule has 0 aromatic carbocycles. The molecule has 0 heterocycles. The molecule has 2 heteroatoms. The molecular weight excluding hydrogens is 126 g/mol. The van der Waals surface area contributed by atoms with E-state index in [1.165, 1.54) is 6.21 Å². The Hall–Kier alpha value is -0.880. The molecule has 0 aromatic heterocycles. The van der Waals surface area contributed by atoms with Crippen molar-refractivity contribution in [1.29, 1.82) is 5.41 Å². The van der Waals surface area contributed by atoms with Crippen LogP contribution in [0.4, 0.5) is 0 Å². The zero-order chi connectivity index (χ0) is 7.40. The summed E-state index contributed by atoms with van der Waals surface area (Å²) in [5.41, 5.74) is 0. The Morgan fingerprint density at radius 2 is 2.10 bits per heavy atom. The molecule has 0 spiro atoms. The van der Waals surface area contributed by atoms with Crippen LogP contribution < -0.4 is 0 Å². The molecule has 10 heavy (non-hydrogen) atoms. The van der Waals surface area contributed by atoms with E-state index in [1.807, 2.05) is 0 Å². The Bertz CT molecular complexity index is 170. The molecule has 1 rings (SSSR count). The number of carbonyl (C=O) groups excluding carboxylic acids is 1. The fraction of sp³-hybridized carbons (Fsp3) is 0.625. The molecule has 1 fully saturated rings. The molecule has 1 aliphatic carbocycles. The fourth-order valence-corrected chi connectivity index (χ4v) is 1.52. The van der Waals surface area contributed by atoms with Crippen molar-refractivity contribution in [3.63, 3.8) is 0 Å². The van der Waals surface area contributed by atoms with Crippen molar-refractivity contribution in [2.45, 2.75) is 19.3 Å². The average molecular weight is 137 g/mol. The number of hydrogen-bond donors (Lipinski definition) is 1. The first-order chi connectivity index (χ1) is 4.88. The van der Waals surface area contributed by atoms with Crippen LogP contribution in [0.5, 0.6) is 0 Å². The summed E-state index contributed by atoms with van der Waals surface area (Å²) in [4.78, 5) is 9.97. The van der Waals surface area contributed by atoms with E-state index in [1.54, 1.807) is 12.0 Å². The zero-order valence-electron chi connectivity index (χ0n) is 5.84. The Morgan fingerprint density at radius 3 is 2.70 bits per heavy atom. The topological polar surface area (TPSA) is 40.9 Å². The normalized spacial score (nSPS) is 31.2. The Kier molecular flexibility index (Phi) is 2.41. The van der Waals surface area contributed by atoms with Crippen molar-refractivity contribution in [3.05, 3.63) is 6.08 Å². The van der Waals surface area contributed by atoms with E-state index in [4.69, 9.17) is 5.41 Å². The van der Waals surface area contributed by atoms with E-state index in [0.29, 0.717) is 11.8 Å². The summed E-state index contributed by atoms with van der Waals surface area (Å²) in [5, 5.41) is 7.03. The predicted molar refractivity (Wildman–Crippen MR) is 39.9 cm³/mol. The monoisotopic (exact) mass is 137 g/mol. The zero-order valence-corrected chi connectivity index (χ0v) is 5.84. The van der Waals surface area contributed by atoms with Crippen LogP contribution in [0.25, 0.3) is 0 Å². The second-order valence-electron chi connectivity index (χ2n) is 2.71. The Morgan fingerprint density at radius 1 is 1.40 bits per heavy atom. The van der Waals surface area contributed by atoms with Crippen molar-refractivity contribution >= 4 is 12.2 Å². The summed E-state index contributed by atoms with van der Waals surface area (Å²) in [6.45, 7) is 0. The SMILES string of the molecule is N=CC1CCCC1C=C=O. The molecule has 2 nitrogen and oxygen atoms in total. The van der Waals surface area contributed by atoms with Crippen LogP contribution >= 0.6 is 0 Å². The summed E-state index contributed by atoms with van der Waals surface area (Å²) in [5.74, 6) is 2.40. The average Bonchev–Trinajstić information content (AvgIpc) is 2.36. The van der Waals surface area contributed by atoms with Crippen LogP contribution in [0.3, 0.4) is 0 Å². The number of rotatable bonds is 2. The molecule has 2 atom stereocenters. The van der Waals surface area contributed by atoms with Crippen LogP contribution in [0.15, 0.2) is 6.08 Å². The number of nitrogens with one attached hydrogen (secondary N) is 1. The molecule has 0 saturated heterocycles. The fourth-order valence-electron chi connectivity index (χ4n) is 1.52. The third-order valence-corrected chi connectivity index (χ3v) is 2.12. The minimum atomic E-state index is 0.301. The third kappa shape index (κ3) is 1.34. The van der Waals surface area contributed by atoms with Gasteiger partial charge in [-0.1, -0.05) is 6.42 Å². The van der Waals surface area contributed by atoms with Crippen LogP contribution in [0, 0.1) is 17.2 Å². The van der Waals surface area contributed by atoms with Gasteiger partial charge in [0.25, 0.3) is 0 Å². The quantitative estimate of drug-likeness (QED) is 0.454. The first-order valence-corrected chi connectivity index (χ1v) is 3.60. The summed E-state index contributed by atoms with van der Waals surface area (Å²) >= 11 is 0. The first kappa shape index (κ1) is 7.23. The molecule has 0 radical (unpaired) electrons. The van der Waals surface area contributed by atoms with Crippen LogP contribution in [0.1, 0.15) is 19.3 Å². The molecule has 1 saturated carbocycles. The highest BCUT2D eigenvalue weighted by Gasteiger charge is 2.23. The van der Waals surface area contributed by atoms with Crippen molar-refractivity contribution in [1.82, 2.24) is 0 Å². The maximum Gasteiger partial charge on any atom is 0.120 e. The Balaban J connectivity index is 2.57. The maximum absolute atomic E-state index is 9.97. The number of allylic oxidation sites excluding steroid dienone is 1. The first-order valence-electron chi connectivity index (χ1n) is 3.60. The van der Waals surface area contributed by atoms with Gasteiger partial charge in [-0.05, 0) is 25.0 Å². The lowest BCUT2D eigenvalue weighted by Crippen LogP contribution is -2.05. The highest BCUT2D eigenvalue weighted by Crippen LogP contribution is 2.30. The highest BCUT2D eigenvalue weighted by molar-refractivity contribution is 5.60. The van der Waals surface area contributed by atoms with Gasteiger partial charge in [-0.15, -0.1) is 0 Å². The lowest BCUT2D eigenvalue weighted by molar-refractivity contribution is 0.556. The smallest absolute Gasteiger partial charge is 0.120 e. The van der Waals surface area contributed by atoms with Gasteiger partial charge in [0.1, 0.15) is 5.94 Å². The van der Waals surface area contributed by atoms with Crippen molar-refractivity contribution in [2.75, 3.05) is 0 Å². The van der Waals surface area contributed by atoms with Gasteiger partial charge in [-0.2, -0.15) is 0 Å². The Labute approximate surface area is 60.4 Å². The van der Waals surface area contributed by atoms with Gasteiger partial charge in [0, 0.05) is 12.0 Å². The van der Waals surface area contributed by atoms with Gasteiger partial charge in [-0.3, -0.25) is 0 Å². The predicted octanol–water partition coefficient (Wildman–Crippen LogP) is 1.44. The molecule has 0 amide bonds. The van der Waals surface area contributed by atoms with Gasteiger partial charge in [0.05, 0.1) is 0 Å². The van der Waals surface area contributed by atoms with Gasteiger partial charge in [-0.25, -0.2) is 4.79 Å². The van der Waals surface area contributed by atoms with Gasteiger partial charge in [0.2, 0.25) is 0 Å². The largest absolute Gasteiger partial charge is 0.313 e. The van der Waals surface area contributed by atoms with Crippen molar-refractivity contribution in [3.8, 4) is 0 Å². The maximum atomic E-state index is 9.97. The third-order valence-electron chi connectivity index (χ3n) is 2.12. The molecule has 0 aliphatic heterocycles. The van der Waals surface area contributed by atoms with Crippen LogP contribution in [-0.2, 0) is 4.79 Å². The molecule has 1 aliphatic rings. The van der Waals surface area contributed by atoms with Gasteiger partial charge in [0.15, 0.2) is 0 Å². The van der Waals surface area contributed by atoms with Crippen LogP contribution in [-0.4, -0.2) is 12.2 Å². The lowest BCUT2D eigenvalue weighted by atomic mass is 9.98. The van der Waals surface area contributed by atoms with E-state index in [2.05, 4.69) is 0 Å². The van der Waals surface area contributed by atoms with E-state index in [-0.39, 0.29) is 0 Å². The van der Waals surface area contributed by atoms with Crippen LogP contribution in [0.2, 0.25) is 0 Å². The summed E-state index contributed by atoms with van der Waals surface area (Å²) < 4.78 is 0. The summed E-state index contributed by atoms with van der Waals surface area (Å²) in [6.07, 6.45) is 6.26. The minimum Gasteiger partial charge on any atom is -0.313 e.